The molecule has 0 heterocycles. The van der Waals surface area contributed by atoms with Crippen molar-refractivity contribution in [3.05, 3.63) is 29.3 Å². The molecule has 1 aromatic rings. The second-order valence-electron chi connectivity index (χ2n) is 7.50. The zero-order valence-electron chi connectivity index (χ0n) is 15.4. The van der Waals surface area contributed by atoms with E-state index < -0.39 is 0 Å². The topological polar surface area (TPSA) is 35.2 Å². The highest BCUT2D eigenvalue weighted by atomic mass is 16.5. The number of benzene rings is 1. The van der Waals surface area contributed by atoms with Crippen LogP contribution in [-0.2, 0) is 5.41 Å². The van der Waals surface area contributed by atoms with Crippen molar-refractivity contribution in [1.29, 1.82) is 0 Å². The fraction of sp³-hybridized carbons (Fsp3) is 0.700. The summed E-state index contributed by atoms with van der Waals surface area (Å²) in [6.45, 7) is 14.2. The van der Waals surface area contributed by atoms with E-state index >= 15 is 0 Å². The second-order valence-corrected chi connectivity index (χ2v) is 7.50. The van der Waals surface area contributed by atoms with Gasteiger partial charge in [-0.25, -0.2) is 0 Å². The molecular formula is C20H35NO. The number of ether oxygens (including phenoxy) is 1. The van der Waals surface area contributed by atoms with E-state index in [-0.39, 0.29) is 5.41 Å². The molecule has 1 aromatic carbocycles. The lowest BCUT2D eigenvalue weighted by Gasteiger charge is -2.24. The Labute approximate surface area is 137 Å². The van der Waals surface area contributed by atoms with Crippen LogP contribution >= 0.6 is 0 Å². The zero-order valence-corrected chi connectivity index (χ0v) is 15.4. The van der Waals surface area contributed by atoms with E-state index in [9.17, 15) is 0 Å². The molecule has 2 unspecified atom stereocenters. The Hall–Kier alpha value is -1.02. The minimum atomic E-state index is 0.164. The van der Waals surface area contributed by atoms with Crippen molar-refractivity contribution in [2.45, 2.75) is 84.6 Å². The maximum atomic E-state index is 6.09. The molecule has 1 rings (SSSR count). The quantitative estimate of drug-likeness (QED) is 0.698. The van der Waals surface area contributed by atoms with Crippen molar-refractivity contribution < 1.29 is 4.74 Å². The van der Waals surface area contributed by atoms with Crippen molar-refractivity contribution in [1.82, 2.24) is 0 Å². The Bertz CT molecular complexity index is 448. The molecule has 0 aromatic heterocycles. The summed E-state index contributed by atoms with van der Waals surface area (Å²) >= 11 is 0. The molecule has 0 aliphatic carbocycles. The largest absolute Gasteiger partial charge is 0.493 e. The molecule has 0 amide bonds. The summed E-state index contributed by atoms with van der Waals surface area (Å²) in [5.41, 5.74) is 8.96. The van der Waals surface area contributed by atoms with Gasteiger partial charge >= 0.3 is 0 Å². The predicted octanol–water partition coefficient (Wildman–Crippen LogP) is 5.39. The lowest BCUT2D eigenvalue weighted by atomic mass is 9.83. The summed E-state index contributed by atoms with van der Waals surface area (Å²) in [6.07, 6.45) is 4.28. The average molecular weight is 306 g/mol. The Kier molecular flexibility index (Phi) is 7.41. The summed E-state index contributed by atoms with van der Waals surface area (Å²) < 4.78 is 5.98. The molecule has 0 radical (unpaired) electrons. The lowest BCUT2D eigenvalue weighted by molar-refractivity contribution is 0.311. The van der Waals surface area contributed by atoms with Crippen LogP contribution in [0.15, 0.2) is 18.2 Å². The predicted molar refractivity (Wildman–Crippen MR) is 96.8 cm³/mol. The second kappa shape index (κ2) is 8.57. The molecule has 0 fully saturated rings. The summed E-state index contributed by atoms with van der Waals surface area (Å²) in [7, 11) is 0. The first-order valence-electron chi connectivity index (χ1n) is 8.82. The first-order valence-corrected chi connectivity index (χ1v) is 8.82. The van der Waals surface area contributed by atoms with Gasteiger partial charge in [-0.2, -0.15) is 0 Å². The summed E-state index contributed by atoms with van der Waals surface area (Å²) in [4.78, 5) is 0. The minimum Gasteiger partial charge on any atom is -0.493 e. The highest BCUT2D eigenvalue weighted by molar-refractivity contribution is 5.41. The maximum Gasteiger partial charge on any atom is 0.122 e. The average Bonchev–Trinajstić information content (AvgIpc) is 2.48. The normalized spacial score (nSPS) is 14.7. The molecule has 0 saturated heterocycles. The van der Waals surface area contributed by atoms with Crippen molar-refractivity contribution >= 4 is 0 Å². The molecule has 0 saturated carbocycles. The Morgan fingerprint density at radius 2 is 1.82 bits per heavy atom. The van der Waals surface area contributed by atoms with E-state index in [1.165, 1.54) is 11.1 Å². The van der Waals surface area contributed by atoms with Crippen LogP contribution in [0.3, 0.4) is 0 Å². The van der Waals surface area contributed by atoms with Crippen molar-refractivity contribution in [3.63, 3.8) is 0 Å². The lowest BCUT2D eigenvalue weighted by Crippen LogP contribution is -2.19. The van der Waals surface area contributed by atoms with Gasteiger partial charge in [-0.15, -0.1) is 0 Å². The van der Waals surface area contributed by atoms with Crippen molar-refractivity contribution in [2.24, 2.45) is 5.73 Å². The van der Waals surface area contributed by atoms with E-state index in [4.69, 9.17) is 10.5 Å². The SMILES string of the molecule is CCCOc1ccc(C(C)(C)C)cc1C(C)CCC(N)CC. The molecule has 2 heteroatoms. The molecule has 2 N–H and O–H groups in total. The van der Waals surface area contributed by atoms with Gasteiger partial charge in [0.2, 0.25) is 0 Å². The smallest absolute Gasteiger partial charge is 0.122 e. The van der Waals surface area contributed by atoms with Gasteiger partial charge in [-0.3, -0.25) is 0 Å². The first-order chi connectivity index (χ1) is 10.3. The Morgan fingerprint density at radius 3 is 2.36 bits per heavy atom. The molecule has 0 aliphatic rings. The van der Waals surface area contributed by atoms with Gasteiger partial charge in [0.25, 0.3) is 0 Å². The van der Waals surface area contributed by atoms with Crippen LogP contribution in [0.5, 0.6) is 5.75 Å². The molecule has 0 bridgehead atoms. The van der Waals surface area contributed by atoms with Gasteiger partial charge in [-0.1, -0.05) is 53.7 Å². The minimum absolute atomic E-state index is 0.164. The third-order valence-electron chi connectivity index (χ3n) is 4.36. The molecule has 126 valence electrons. The van der Waals surface area contributed by atoms with Crippen LogP contribution in [-0.4, -0.2) is 12.6 Å². The van der Waals surface area contributed by atoms with E-state index in [0.29, 0.717) is 12.0 Å². The number of hydrogen-bond acceptors (Lipinski definition) is 2. The summed E-state index contributed by atoms with van der Waals surface area (Å²) in [5.74, 6) is 1.53. The van der Waals surface area contributed by atoms with E-state index in [1.807, 2.05) is 0 Å². The van der Waals surface area contributed by atoms with Crippen LogP contribution < -0.4 is 10.5 Å². The highest BCUT2D eigenvalue weighted by Crippen LogP contribution is 2.34. The molecule has 0 aliphatic heterocycles. The van der Waals surface area contributed by atoms with Gasteiger partial charge < -0.3 is 10.5 Å². The highest BCUT2D eigenvalue weighted by Gasteiger charge is 2.19. The maximum absolute atomic E-state index is 6.09. The van der Waals surface area contributed by atoms with Crippen LogP contribution in [0.1, 0.15) is 84.3 Å². The Balaban J connectivity index is 2.99. The van der Waals surface area contributed by atoms with Crippen LogP contribution in [0.4, 0.5) is 0 Å². The fourth-order valence-electron chi connectivity index (χ4n) is 2.57. The fourth-order valence-corrected chi connectivity index (χ4v) is 2.57. The Morgan fingerprint density at radius 1 is 1.14 bits per heavy atom. The van der Waals surface area contributed by atoms with Crippen LogP contribution in [0, 0.1) is 0 Å². The third-order valence-corrected chi connectivity index (χ3v) is 4.36. The molecule has 22 heavy (non-hydrogen) atoms. The molecule has 0 spiro atoms. The first kappa shape index (κ1) is 19.0. The summed E-state index contributed by atoms with van der Waals surface area (Å²) in [6, 6.07) is 7.02. The summed E-state index contributed by atoms with van der Waals surface area (Å²) in [5, 5.41) is 0. The van der Waals surface area contributed by atoms with Gasteiger partial charge in [0.05, 0.1) is 6.61 Å². The van der Waals surface area contributed by atoms with Crippen molar-refractivity contribution in [2.75, 3.05) is 6.61 Å². The zero-order chi connectivity index (χ0) is 16.8. The third kappa shape index (κ3) is 5.64. The molecular weight excluding hydrogens is 270 g/mol. The van der Waals surface area contributed by atoms with E-state index in [0.717, 1.165) is 38.0 Å². The van der Waals surface area contributed by atoms with Gasteiger partial charge in [0, 0.05) is 6.04 Å². The van der Waals surface area contributed by atoms with Crippen molar-refractivity contribution in [3.8, 4) is 5.75 Å². The van der Waals surface area contributed by atoms with E-state index in [2.05, 4.69) is 59.7 Å². The van der Waals surface area contributed by atoms with Gasteiger partial charge in [-0.05, 0) is 54.2 Å². The van der Waals surface area contributed by atoms with E-state index in [1.54, 1.807) is 0 Å². The standard InChI is InChI=1S/C20H35NO/c1-7-13-22-19-12-10-16(20(4,5)6)14-18(19)15(3)9-11-17(21)8-2/h10,12,14-15,17H,7-9,11,13,21H2,1-6H3. The molecule has 2 atom stereocenters. The monoisotopic (exact) mass is 305 g/mol. The van der Waals surface area contributed by atoms with Crippen LogP contribution in [0.25, 0.3) is 0 Å². The van der Waals surface area contributed by atoms with Crippen LogP contribution in [0.2, 0.25) is 0 Å². The number of hydrogen-bond donors (Lipinski definition) is 1. The van der Waals surface area contributed by atoms with Gasteiger partial charge in [0.1, 0.15) is 5.75 Å². The van der Waals surface area contributed by atoms with Gasteiger partial charge in [0.15, 0.2) is 0 Å². The number of rotatable bonds is 8. The molecule has 2 nitrogen and oxygen atoms in total. The number of nitrogens with two attached hydrogens (primary N) is 1.